The Bertz CT molecular complexity index is 728. The van der Waals surface area contributed by atoms with Crippen LogP contribution in [-0.2, 0) is 0 Å². The van der Waals surface area contributed by atoms with Crippen LogP contribution in [0.2, 0.25) is 0 Å². The predicted octanol–water partition coefficient (Wildman–Crippen LogP) is 2.17. The maximum absolute atomic E-state index is 4.61. The number of fused-ring (bicyclic) bond motifs is 1. The average Bonchev–Trinajstić information content (AvgIpc) is 3.05. The molecule has 2 saturated heterocycles. The zero-order valence-electron chi connectivity index (χ0n) is 13.6. The molecule has 116 valence electrons. The Kier molecular flexibility index (Phi) is 3.08. The number of rotatable bonds is 1. The average molecular weight is 297 g/mol. The van der Waals surface area contributed by atoms with Crippen molar-refractivity contribution < 1.29 is 0 Å². The molecule has 22 heavy (non-hydrogen) atoms. The third-order valence-corrected chi connectivity index (χ3v) is 5.28. The monoisotopic (exact) mass is 297 g/mol. The van der Waals surface area contributed by atoms with Gasteiger partial charge in [0.1, 0.15) is 12.1 Å². The first-order valence-electron chi connectivity index (χ1n) is 8.09. The van der Waals surface area contributed by atoms with Gasteiger partial charge in [0, 0.05) is 30.7 Å². The molecule has 2 aromatic heterocycles. The molecule has 2 aliphatic rings. The number of likely N-dealkylation sites (tertiary alicyclic amines) is 1. The molecule has 2 fully saturated rings. The topological polar surface area (TPSA) is 45.2 Å². The maximum Gasteiger partial charge on any atom is 0.165 e. The first-order chi connectivity index (χ1) is 10.6. The van der Waals surface area contributed by atoms with E-state index in [1.165, 1.54) is 31.5 Å². The summed E-state index contributed by atoms with van der Waals surface area (Å²) in [5.41, 5.74) is 3.53. The first kappa shape index (κ1) is 13.9. The van der Waals surface area contributed by atoms with Crippen LogP contribution in [0, 0.1) is 19.3 Å². The van der Waals surface area contributed by atoms with Crippen LogP contribution in [0.25, 0.3) is 11.0 Å². The van der Waals surface area contributed by atoms with Crippen molar-refractivity contribution in [2.24, 2.45) is 5.41 Å². The van der Waals surface area contributed by atoms with Crippen molar-refractivity contribution >= 4 is 16.9 Å². The zero-order valence-corrected chi connectivity index (χ0v) is 13.6. The lowest BCUT2D eigenvalue weighted by Crippen LogP contribution is -2.30. The fraction of sp³-hybridized carbons (Fsp3) is 0.588. The van der Waals surface area contributed by atoms with Crippen molar-refractivity contribution in [3.05, 3.63) is 23.7 Å². The Balaban J connectivity index is 1.73. The van der Waals surface area contributed by atoms with Gasteiger partial charge in [0.2, 0.25) is 0 Å². The summed E-state index contributed by atoms with van der Waals surface area (Å²) in [5, 5.41) is 1.12. The lowest BCUT2D eigenvalue weighted by molar-refractivity contribution is 0.312. The van der Waals surface area contributed by atoms with Crippen molar-refractivity contribution in [1.29, 1.82) is 0 Å². The number of hydrogen-bond donors (Lipinski definition) is 0. The molecule has 1 unspecified atom stereocenters. The third-order valence-electron chi connectivity index (χ3n) is 5.28. The van der Waals surface area contributed by atoms with Crippen molar-refractivity contribution in [3.8, 4) is 0 Å². The van der Waals surface area contributed by atoms with Crippen molar-refractivity contribution in [2.75, 3.05) is 38.1 Å². The third kappa shape index (κ3) is 2.15. The van der Waals surface area contributed by atoms with Gasteiger partial charge in [0.05, 0.1) is 5.39 Å². The van der Waals surface area contributed by atoms with E-state index in [4.69, 9.17) is 0 Å². The molecule has 0 saturated carbocycles. The molecule has 2 aromatic rings. The summed E-state index contributed by atoms with van der Waals surface area (Å²) in [4.78, 5) is 18.5. The molecule has 2 aliphatic heterocycles. The van der Waals surface area contributed by atoms with Crippen molar-refractivity contribution in [3.63, 3.8) is 0 Å². The highest BCUT2D eigenvalue weighted by atomic mass is 15.2. The van der Waals surface area contributed by atoms with Gasteiger partial charge in [-0.2, -0.15) is 0 Å². The van der Waals surface area contributed by atoms with Gasteiger partial charge in [-0.3, -0.25) is 0 Å². The Morgan fingerprint density at radius 3 is 2.68 bits per heavy atom. The summed E-state index contributed by atoms with van der Waals surface area (Å²) in [5.74, 6) is 1.07. The minimum atomic E-state index is 0.456. The normalized spacial score (nSPS) is 25.7. The van der Waals surface area contributed by atoms with Gasteiger partial charge in [0.15, 0.2) is 5.65 Å². The van der Waals surface area contributed by atoms with Crippen LogP contribution in [0.15, 0.2) is 12.4 Å². The molecule has 5 nitrogen and oxygen atoms in total. The van der Waals surface area contributed by atoms with Crippen LogP contribution < -0.4 is 4.90 Å². The largest absolute Gasteiger partial charge is 0.355 e. The summed E-state index contributed by atoms with van der Waals surface area (Å²) < 4.78 is 0. The lowest BCUT2D eigenvalue weighted by Gasteiger charge is -2.25. The standard InChI is InChI=1S/C17H23N5/c1-12-8-13(2)20-15-14(12)16(19-11-18-15)22-7-5-17(10-22)4-6-21(3)9-17/h8,11H,4-7,9-10H2,1-3H3. The summed E-state index contributed by atoms with van der Waals surface area (Å²) in [6.45, 7) is 8.79. The highest BCUT2D eigenvalue weighted by molar-refractivity contribution is 5.90. The van der Waals surface area contributed by atoms with Crippen LogP contribution in [0.1, 0.15) is 24.1 Å². The highest BCUT2D eigenvalue weighted by Gasteiger charge is 2.43. The summed E-state index contributed by atoms with van der Waals surface area (Å²) in [6.07, 6.45) is 4.23. The minimum absolute atomic E-state index is 0.456. The summed E-state index contributed by atoms with van der Waals surface area (Å²) in [7, 11) is 2.23. The van der Waals surface area contributed by atoms with Gasteiger partial charge >= 0.3 is 0 Å². The predicted molar refractivity (Wildman–Crippen MR) is 88.2 cm³/mol. The van der Waals surface area contributed by atoms with Crippen LogP contribution in [0.5, 0.6) is 0 Å². The van der Waals surface area contributed by atoms with Crippen molar-refractivity contribution in [2.45, 2.75) is 26.7 Å². The molecule has 0 amide bonds. The van der Waals surface area contributed by atoms with Crippen LogP contribution in [-0.4, -0.2) is 53.1 Å². The molecule has 1 atom stereocenters. The molecule has 0 radical (unpaired) electrons. The van der Waals surface area contributed by atoms with Crippen molar-refractivity contribution in [1.82, 2.24) is 19.9 Å². The van der Waals surface area contributed by atoms with E-state index in [2.05, 4.69) is 44.8 Å². The minimum Gasteiger partial charge on any atom is -0.355 e. The number of aryl methyl sites for hydroxylation is 2. The van der Waals surface area contributed by atoms with Crippen LogP contribution in [0.3, 0.4) is 0 Å². The number of nitrogens with zero attached hydrogens (tertiary/aromatic N) is 5. The van der Waals surface area contributed by atoms with Gasteiger partial charge in [-0.15, -0.1) is 0 Å². The molecule has 0 bridgehead atoms. The van der Waals surface area contributed by atoms with Gasteiger partial charge in [-0.25, -0.2) is 15.0 Å². The van der Waals surface area contributed by atoms with Crippen LogP contribution in [0.4, 0.5) is 5.82 Å². The summed E-state index contributed by atoms with van der Waals surface area (Å²) >= 11 is 0. The fourth-order valence-corrected chi connectivity index (χ4v) is 4.24. The van der Waals surface area contributed by atoms with E-state index in [0.29, 0.717) is 5.41 Å². The van der Waals surface area contributed by atoms with Crippen LogP contribution >= 0.6 is 0 Å². The van der Waals surface area contributed by atoms with E-state index < -0.39 is 0 Å². The maximum atomic E-state index is 4.61. The number of hydrogen-bond acceptors (Lipinski definition) is 5. The Labute approximate surface area is 131 Å². The highest BCUT2D eigenvalue weighted by Crippen LogP contribution is 2.41. The van der Waals surface area contributed by atoms with Gasteiger partial charge in [-0.1, -0.05) is 0 Å². The van der Waals surface area contributed by atoms with E-state index in [1.807, 2.05) is 6.92 Å². The molecule has 0 N–H and O–H groups in total. The van der Waals surface area contributed by atoms with Gasteiger partial charge in [-0.05, 0) is 51.9 Å². The second-order valence-electron chi connectivity index (χ2n) is 7.14. The van der Waals surface area contributed by atoms with E-state index >= 15 is 0 Å². The number of aromatic nitrogens is 3. The van der Waals surface area contributed by atoms with E-state index in [9.17, 15) is 0 Å². The van der Waals surface area contributed by atoms with E-state index in [0.717, 1.165) is 35.6 Å². The molecular weight excluding hydrogens is 274 g/mol. The lowest BCUT2D eigenvalue weighted by atomic mass is 9.86. The number of anilines is 1. The Hall–Kier alpha value is -1.75. The molecule has 0 aliphatic carbocycles. The molecular formula is C17H23N5. The second kappa shape index (κ2) is 4.88. The smallest absolute Gasteiger partial charge is 0.165 e. The van der Waals surface area contributed by atoms with Gasteiger partial charge < -0.3 is 9.80 Å². The molecule has 0 aromatic carbocycles. The zero-order chi connectivity index (χ0) is 15.3. The Morgan fingerprint density at radius 1 is 1.09 bits per heavy atom. The first-order valence-corrected chi connectivity index (χ1v) is 8.09. The molecule has 4 heterocycles. The molecule has 4 rings (SSSR count). The fourth-order valence-electron chi connectivity index (χ4n) is 4.24. The van der Waals surface area contributed by atoms with Gasteiger partial charge in [0.25, 0.3) is 0 Å². The van der Waals surface area contributed by atoms with E-state index in [1.54, 1.807) is 6.33 Å². The number of pyridine rings is 1. The quantitative estimate of drug-likeness (QED) is 0.807. The summed E-state index contributed by atoms with van der Waals surface area (Å²) in [6, 6.07) is 2.13. The SMILES string of the molecule is Cc1cc(C)c2c(N3CCC4(CCN(C)C4)C3)ncnc2n1. The van der Waals surface area contributed by atoms with E-state index in [-0.39, 0.29) is 0 Å². The second-order valence-corrected chi connectivity index (χ2v) is 7.14. The molecule has 5 heteroatoms. The molecule has 1 spiro atoms. The Morgan fingerprint density at radius 2 is 1.91 bits per heavy atom.